The Kier molecular flexibility index (Phi) is 7.27. The molecule has 2 heterocycles. The van der Waals surface area contributed by atoms with Crippen LogP contribution in [-0.2, 0) is 9.47 Å². The number of aromatic hydroxyl groups is 1. The highest BCUT2D eigenvalue weighted by Gasteiger charge is 2.52. The first-order valence-corrected chi connectivity index (χ1v) is 15.1. The van der Waals surface area contributed by atoms with E-state index in [1.165, 1.54) is 12.8 Å². The summed E-state index contributed by atoms with van der Waals surface area (Å²) in [5.74, 6) is 0.766. The van der Waals surface area contributed by atoms with E-state index in [0.717, 1.165) is 52.8 Å². The largest absolute Gasteiger partial charge is 0.506 e. The molecular formula is C36H34ClNO4. The number of halogens is 1. The number of hydrogen-bond acceptors (Lipinski definition) is 5. The molecule has 1 spiro atoms. The van der Waals surface area contributed by atoms with Crippen molar-refractivity contribution < 1.29 is 19.3 Å². The molecule has 2 aliphatic carbocycles. The fourth-order valence-electron chi connectivity index (χ4n) is 6.46. The summed E-state index contributed by atoms with van der Waals surface area (Å²) in [6.07, 6.45) is 6.68. The average Bonchev–Trinajstić information content (AvgIpc) is 3.70. The van der Waals surface area contributed by atoms with Crippen LogP contribution < -0.4 is 4.74 Å². The molecule has 0 unspecified atom stereocenters. The molecule has 5 nitrogen and oxygen atoms in total. The second-order valence-corrected chi connectivity index (χ2v) is 12.0. The Labute approximate surface area is 251 Å². The van der Waals surface area contributed by atoms with Gasteiger partial charge in [-0.2, -0.15) is 0 Å². The minimum absolute atomic E-state index is 0.0564. The molecule has 3 atom stereocenters. The summed E-state index contributed by atoms with van der Waals surface area (Å²) in [4.78, 5) is 4.96. The second kappa shape index (κ2) is 11.2. The van der Waals surface area contributed by atoms with E-state index in [-0.39, 0.29) is 23.9 Å². The van der Waals surface area contributed by atoms with Crippen molar-refractivity contribution in [1.29, 1.82) is 0 Å². The second-order valence-electron chi connectivity index (χ2n) is 11.6. The Bertz CT molecular complexity index is 1550. The normalized spacial score (nSPS) is 23.4. The molecule has 3 aliphatic rings. The standard InChI is InChI=1S/C36H34ClNO4/c1-40-35-28(24-12-13-24)15-16-31(38-35)29(27-14-17-32(39)30(37)21-27)20-23-18-19-36(22-23)41-33(25-8-4-2-5-9-25)34(42-36)26-10-6-3-7-11-26/h2-11,14-17,20-21,23-24,33-34,39H,12-13,18-19,22H2,1H3/t23-,33-,34-/m1/s1. The maximum Gasteiger partial charge on any atom is 0.217 e. The number of phenols is 1. The van der Waals surface area contributed by atoms with Crippen LogP contribution in [-0.4, -0.2) is 23.0 Å². The van der Waals surface area contributed by atoms with Crippen LogP contribution in [0.15, 0.2) is 97.1 Å². The van der Waals surface area contributed by atoms with Crippen molar-refractivity contribution in [3.8, 4) is 11.6 Å². The Morgan fingerprint density at radius 2 is 1.57 bits per heavy atom. The van der Waals surface area contributed by atoms with Gasteiger partial charge in [-0.25, -0.2) is 4.98 Å². The van der Waals surface area contributed by atoms with Crippen LogP contribution in [0.5, 0.6) is 11.6 Å². The lowest BCUT2D eigenvalue weighted by Gasteiger charge is -2.23. The van der Waals surface area contributed by atoms with Gasteiger partial charge < -0.3 is 19.3 Å². The van der Waals surface area contributed by atoms with Crippen molar-refractivity contribution in [2.24, 2.45) is 5.92 Å². The van der Waals surface area contributed by atoms with E-state index in [1.807, 2.05) is 18.2 Å². The van der Waals surface area contributed by atoms with Gasteiger partial charge in [0.15, 0.2) is 5.79 Å². The van der Waals surface area contributed by atoms with Crippen LogP contribution in [0.1, 0.15) is 78.2 Å². The average molecular weight is 580 g/mol. The summed E-state index contributed by atoms with van der Waals surface area (Å²) in [6.45, 7) is 0. The lowest BCUT2D eigenvalue weighted by atomic mass is 9.95. The number of hydrogen-bond donors (Lipinski definition) is 1. The summed E-state index contributed by atoms with van der Waals surface area (Å²) >= 11 is 6.38. The van der Waals surface area contributed by atoms with Gasteiger partial charge in [0.05, 0.1) is 17.8 Å². The third-order valence-electron chi connectivity index (χ3n) is 8.72. The zero-order valence-corrected chi connectivity index (χ0v) is 24.3. The molecule has 0 bridgehead atoms. The molecule has 3 aromatic carbocycles. The Morgan fingerprint density at radius 1 is 0.905 bits per heavy atom. The van der Waals surface area contributed by atoms with Gasteiger partial charge in [0, 0.05) is 24.0 Å². The summed E-state index contributed by atoms with van der Waals surface area (Å²) in [5, 5.41) is 10.4. The molecule has 0 amide bonds. The van der Waals surface area contributed by atoms with E-state index in [9.17, 15) is 5.11 Å². The van der Waals surface area contributed by atoms with E-state index < -0.39 is 5.79 Å². The monoisotopic (exact) mass is 579 g/mol. The molecule has 42 heavy (non-hydrogen) atoms. The Morgan fingerprint density at radius 3 is 2.17 bits per heavy atom. The number of ether oxygens (including phenoxy) is 3. The van der Waals surface area contributed by atoms with Gasteiger partial charge in [-0.1, -0.05) is 90.5 Å². The molecule has 6 heteroatoms. The third-order valence-corrected chi connectivity index (χ3v) is 9.02. The van der Waals surface area contributed by atoms with Crippen LogP contribution in [0, 0.1) is 5.92 Å². The van der Waals surface area contributed by atoms with Crippen molar-refractivity contribution in [3.63, 3.8) is 0 Å². The zero-order valence-electron chi connectivity index (χ0n) is 23.6. The van der Waals surface area contributed by atoms with Crippen molar-refractivity contribution in [1.82, 2.24) is 4.98 Å². The number of phenolic OH excluding ortho intramolecular Hbond substituents is 1. The van der Waals surface area contributed by atoms with Gasteiger partial charge in [0.2, 0.25) is 5.88 Å². The quantitative estimate of drug-likeness (QED) is 0.237. The molecule has 1 aromatic heterocycles. The molecular weight excluding hydrogens is 546 g/mol. The molecule has 0 radical (unpaired) electrons. The topological polar surface area (TPSA) is 60.8 Å². The van der Waals surface area contributed by atoms with Crippen LogP contribution in [0.3, 0.4) is 0 Å². The molecule has 1 aliphatic heterocycles. The van der Waals surface area contributed by atoms with Crippen molar-refractivity contribution in [2.75, 3.05) is 7.11 Å². The summed E-state index contributed by atoms with van der Waals surface area (Å²) < 4.78 is 19.5. The van der Waals surface area contributed by atoms with E-state index in [2.05, 4.69) is 66.7 Å². The van der Waals surface area contributed by atoms with Gasteiger partial charge in [-0.15, -0.1) is 0 Å². The molecule has 214 valence electrons. The van der Waals surface area contributed by atoms with Crippen LogP contribution in [0.4, 0.5) is 0 Å². The van der Waals surface area contributed by atoms with Gasteiger partial charge in [-0.05, 0) is 66.0 Å². The SMILES string of the molecule is COc1nc(C(=C[C@H]2CCC3(C2)O[C@H](c2ccccc2)[C@@H](c2ccccc2)O3)c2ccc(O)c(Cl)c2)ccc1C1CC1. The first-order chi connectivity index (χ1) is 20.5. The summed E-state index contributed by atoms with van der Waals surface area (Å²) in [7, 11) is 1.68. The fourth-order valence-corrected chi connectivity index (χ4v) is 6.64. The van der Waals surface area contributed by atoms with E-state index >= 15 is 0 Å². The molecule has 4 aromatic rings. The first kappa shape index (κ1) is 27.2. The van der Waals surface area contributed by atoms with Gasteiger partial charge in [-0.3, -0.25) is 0 Å². The number of pyridine rings is 1. The third kappa shape index (κ3) is 5.33. The van der Waals surface area contributed by atoms with E-state index in [1.54, 1.807) is 19.2 Å². The molecule has 1 N–H and O–H groups in total. The lowest BCUT2D eigenvalue weighted by molar-refractivity contribution is -0.171. The van der Waals surface area contributed by atoms with Crippen LogP contribution in [0.25, 0.3) is 5.57 Å². The van der Waals surface area contributed by atoms with Crippen molar-refractivity contribution >= 4 is 17.2 Å². The molecule has 1 saturated heterocycles. The van der Waals surface area contributed by atoms with Gasteiger partial charge >= 0.3 is 0 Å². The fraction of sp³-hybridized carbons (Fsp3) is 0.306. The minimum Gasteiger partial charge on any atom is -0.506 e. The smallest absolute Gasteiger partial charge is 0.217 e. The highest BCUT2D eigenvalue weighted by Crippen LogP contribution is 2.55. The Hall–Kier alpha value is -3.64. The number of aromatic nitrogens is 1. The van der Waals surface area contributed by atoms with Gasteiger partial charge in [0.1, 0.15) is 18.0 Å². The number of rotatable bonds is 7. The predicted octanol–water partition coefficient (Wildman–Crippen LogP) is 8.78. The lowest BCUT2D eigenvalue weighted by Crippen LogP contribution is -2.26. The van der Waals surface area contributed by atoms with Crippen LogP contribution in [0.2, 0.25) is 5.02 Å². The molecule has 7 rings (SSSR count). The zero-order chi connectivity index (χ0) is 28.7. The maximum atomic E-state index is 10.1. The first-order valence-electron chi connectivity index (χ1n) is 14.7. The van der Waals surface area contributed by atoms with E-state index in [0.29, 0.717) is 16.8 Å². The van der Waals surface area contributed by atoms with Gasteiger partial charge in [0.25, 0.3) is 0 Å². The number of benzene rings is 3. The molecule has 3 fully saturated rings. The highest BCUT2D eigenvalue weighted by atomic mass is 35.5. The summed E-state index contributed by atoms with van der Waals surface area (Å²) in [5.41, 5.74) is 6.07. The van der Waals surface area contributed by atoms with Crippen molar-refractivity contribution in [3.05, 3.63) is 130 Å². The number of methoxy groups -OCH3 is 1. The minimum atomic E-state index is -0.680. The van der Waals surface area contributed by atoms with Crippen molar-refractivity contribution in [2.45, 2.75) is 56.0 Å². The predicted molar refractivity (Wildman–Crippen MR) is 164 cm³/mol. The molecule has 2 saturated carbocycles. The van der Waals surface area contributed by atoms with E-state index in [4.69, 9.17) is 30.8 Å². The highest BCUT2D eigenvalue weighted by molar-refractivity contribution is 6.32. The number of nitrogens with zero attached hydrogens (tertiary/aromatic N) is 1. The Balaban J connectivity index is 1.23. The van der Waals surface area contributed by atoms with Crippen LogP contribution >= 0.6 is 11.6 Å². The summed E-state index contributed by atoms with van der Waals surface area (Å²) in [6, 6.07) is 30.3. The number of allylic oxidation sites excluding steroid dienone is 1. The maximum absolute atomic E-state index is 10.1.